The molecule has 0 aliphatic heterocycles. The van der Waals surface area contributed by atoms with Gasteiger partial charge in [0.05, 0.1) is 50.6 Å². The van der Waals surface area contributed by atoms with Crippen LogP contribution in [0.3, 0.4) is 0 Å². The van der Waals surface area contributed by atoms with E-state index in [1.165, 1.54) is 0 Å². The number of halogens is 25. The molecule has 0 radical (unpaired) electrons. The third-order valence-electron chi connectivity index (χ3n) is 11.9. The molecule has 29 heteroatoms. The number of benzene rings is 6. The second-order valence-electron chi connectivity index (χ2n) is 17.1. The van der Waals surface area contributed by atoms with E-state index in [4.69, 9.17) is 4.74 Å². The van der Waals surface area contributed by atoms with E-state index in [1.54, 1.807) is 0 Å². The summed E-state index contributed by atoms with van der Waals surface area (Å²) < 4.78 is 348. The average Bonchev–Trinajstić information content (AvgIpc) is 3.55. The molecule has 0 saturated heterocycles. The first kappa shape index (κ1) is 61.3. The molecule has 422 valence electrons. The summed E-state index contributed by atoms with van der Waals surface area (Å²) in [5, 5.41) is 1.07. The van der Waals surface area contributed by atoms with Crippen LogP contribution in [0.1, 0.15) is 54.9 Å². The smallest absolute Gasteiger partial charge is 0.416 e. The van der Waals surface area contributed by atoms with Gasteiger partial charge in [0.15, 0.2) is 0 Å². The van der Waals surface area contributed by atoms with Crippen LogP contribution in [-0.4, -0.2) is 17.4 Å². The predicted molar refractivity (Wildman–Crippen MR) is 239 cm³/mol. The van der Waals surface area contributed by atoms with Gasteiger partial charge in [-0.15, -0.1) is 0 Å². The topological polar surface area (TPSA) is 30.2 Å². The van der Waals surface area contributed by atoms with Crippen molar-refractivity contribution >= 4 is 60.6 Å². The van der Waals surface area contributed by atoms with Crippen molar-refractivity contribution in [2.24, 2.45) is 0 Å². The summed E-state index contributed by atoms with van der Waals surface area (Å²) in [7, 11) is 0. The number of rotatable bonds is 9. The zero-order valence-corrected chi connectivity index (χ0v) is 40.1. The normalized spacial score (nSPS) is 13.3. The standard InChI is InChI=1S/C32H12BF24.C18H15BrNO2/c34-25(35,36)13-1-14(26(37,38)39)6-21(5-13)33(22-7-15(27(40,41)42)2-16(8-22)28(43,44)45,23-9-17(29(46,47)48)3-18(10-23)30(49,50)51)24-11-19(31(52,53)54)4-20(12-24)32(55,56)57;19-13-22-18-11-10-14-6-4-5-9-16(14)20(18)12-17(21)15-7-2-1-3-8-15/h1-12H;1-11H,12-13H2/q-1;+1. The fraction of sp³-hybridized carbons (Fsp3) is 0.200. The lowest BCUT2D eigenvalue weighted by atomic mass is 9.12. The zero-order chi connectivity index (χ0) is 59.3. The van der Waals surface area contributed by atoms with E-state index in [2.05, 4.69) is 15.9 Å². The Kier molecular flexibility index (Phi) is 16.8. The lowest BCUT2D eigenvalue weighted by Crippen LogP contribution is -2.75. The van der Waals surface area contributed by atoms with Gasteiger partial charge in [-0.25, -0.2) is 0 Å². The number of ketones is 1. The third kappa shape index (κ3) is 13.9. The number of nitrogens with zero attached hydrogens (tertiary/aromatic N) is 1. The van der Waals surface area contributed by atoms with Crippen molar-refractivity contribution in [3.63, 3.8) is 0 Å². The molecule has 0 amide bonds. The van der Waals surface area contributed by atoms with E-state index in [1.807, 2.05) is 71.3 Å². The first-order valence-electron chi connectivity index (χ1n) is 21.6. The van der Waals surface area contributed by atoms with Gasteiger partial charge in [-0.05, 0) is 52.3 Å². The van der Waals surface area contributed by atoms with Gasteiger partial charge in [0.25, 0.3) is 0 Å². The second kappa shape index (κ2) is 21.6. The molecule has 1 heterocycles. The number of ether oxygens (including phenoxy) is 1. The monoisotopic (exact) mass is 1220 g/mol. The molecule has 0 saturated carbocycles. The van der Waals surface area contributed by atoms with E-state index in [9.17, 15) is 110 Å². The number of aromatic nitrogens is 1. The fourth-order valence-corrected chi connectivity index (χ4v) is 8.75. The van der Waals surface area contributed by atoms with Crippen LogP contribution in [0.5, 0.6) is 5.88 Å². The summed E-state index contributed by atoms with van der Waals surface area (Å²) >= 11 is 3.27. The van der Waals surface area contributed by atoms with Crippen molar-refractivity contribution in [2.45, 2.75) is 56.0 Å². The van der Waals surface area contributed by atoms with Crippen molar-refractivity contribution in [1.82, 2.24) is 0 Å². The highest BCUT2D eigenvalue weighted by molar-refractivity contribution is 9.09. The van der Waals surface area contributed by atoms with Gasteiger partial charge in [0, 0.05) is 17.0 Å². The van der Waals surface area contributed by atoms with Crippen LogP contribution in [0, 0.1) is 0 Å². The largest absolute Gasteiger partial charge is 0.433 e. The van der Waals surface area contributed by atoms with Crippen LogP contribution in [0.2, 0.25) is 0 Å². The number of hydrogen-bond acceptors (Lipinski definition) is 2. The number of para-hydroxylation sites is 1. The first-order chi connectivity index (χ1) is 36.1. The van der Waals surface area contributed by atoms with Crippen LogP contribution in [0.4, 0.5) is 105 Å². The number of fused-ring (bicyclic) bond motifs is 1. The summed E-state index contributed by atoms with van der Waals surface area (Å²) in [6.45, 7) is 0.244. The van der Waals surface area contributed by atoms with Gasteiger partial charge in [-0.2, -0.15) is 132 Å². The molecule has 7 rings (SSSR count). The van der Waals surface area contributed by atoms with Crippen LogP contribution in [0.15, 0.2) is 140 Å². The van der Waals surface area contributed by atoms with Gasteiger partial charge < -0.3 is 4.74 Å². The van der Waals surface area contributed by atoms with E-state index >= 15 is 0 Å². The van der Waals surface area contributed by atoms with Gasteiger partial charge >= 0.3 is 55.3 Å². The van der Waals surface area contributed by atoms with Crippen LogP contribution >= 0.6 is 15.9 Å². The lowest BCUT2D eigenvalue weighted by molar-refractivity contribution is -0.662. The van der Waals surface area contributed by atoms with Crippen molar-refractivity contribution in [3.8, 4) is 5.88 Å². The molecule has 0 unspecified atom stereocenters. The number of Topliss-reactive ketones (excluding diaryl/α,β-unsaturated/α-hetero) is 1. The summed E-state index contributed by atoms with van der Waals surface area (Å²) in [4.78, 5) is 12.5. The molecule has 0 aliphatic rings. The Morgan fingerprint density at radius 2 is 0.658 bits per heavy atom. The van der Waals surface area contributed by atoms with Crippen molar-refractivity contribution in [2.75, 3.05) is 5.52 Å². The minimum absolute atomic E-state index is 0.0568. The summed E-state index contributed by atoms with van der Waals surface area (Å²) in [5.41, 5.74) is -28.1. The maximum Gasteiger partial charge on any atom is 0.416 e. The predicted octanol–water partition coefficient (Wildman–Crippen LogP) is 15.0. The highest BCUT2D eigenvalue weighted by Crippen LogP contribution is 2.41. The van der Waals surface area contributed by atoms with Gasteiger partial charge in [0.2, 0.25) is 17.8 Å². The summed E-state index contributed by atoms with van der Waals surface area (Å²) in [6.07, 6.45) is -54.8. The Morgan fingerprint density at radius 3 is 0.937 bits per heavy atom. The third-order valence-corrected chi connectivity index (χ3v) is 12.2. The maximum absolute atomic E-state index is 14.2. The number of pyridine rings is 1. The molecule has 6 aromatic carbocycles. The molecule has 1 aromatic heterocycles. The Balaban J connectivity index is 0.000000378. The molecule has 0 fully saturated rings. The number of hydrogen-bond donors (Lipinski definition) is 0. The van der Waals surface area contributed by atoms with E-state index in [-0.39, 0.29) is 12.3 Å². The van der Waals surface area contributed by atoms with E-state index in [0.717, 1.165) is 10.9 Å². The van der Waals surface area contributed by atoms with Crippen LogP contribution in [-0.2, 0) is 56.0 Å². The SMILES string of the molecule is FC(F)(F)c1cc([B-](c2cc(C(F)(F)F)cc(C(F)(F)F)c2)(c2cc(C(F)(F)F)cc(C(F)(F)F)c2)c2cc(C(F)(F)F)cc(C(F)(F)F)c2)cc(C(F)(F)F)c1.O=C(C[n+]1c(OCBr)ccc2ccccc21)c1ccccc1. The Bertz CT molecular complexity index is 2920. The lowest BCUT2D eigenvalue weighted by Gasteiger charge is -2.46. The summed E-state index contributed by atoms with van der Waals surface area (Å²) in [5.74, 6) is 0.723. The molecule has 0 spiro atoms. The number of carbonyl (C=O) groups is 1. The molecule has 3 nitrogen and oxygen atoms in total. The zero-order valence-electron chi connectivity index (χ0n) is 38.5. The minimum atomic E-state index is -6.13. The number of carbonyl (C=O) groups excluding carboxylic acids is 1. The Labute approximate surface area is 436 Å². The van der Waals surface area contributed by atoms with Crippen molar-refractivity contribution in [3.05, 3.63) is 190 Å². The molecular formula is C50H27BBrF24NO2. The van der Waals surface area contributed by atoms with Gasteiger partial charge in [0.1, 0.15) is 11.7 Å². The van der Waals surface area contributed by atoms with Crippen LogP contribution in [0.25, 0.3) is 10.9 Å². The van der Waals surface area contributed by atoms with Crippen molar-refractivity contribution < 1.29 is 119 Å². The van der Waals surface area contributed by atoms with Gasteiger partial charge in [-0.1, -0.05) is 91.0 Å². The average molecular weight is 1220 g/mol. The quantitative estimate of drug-likeness (QED) is 0.0474. The molecule has 0 bridgehead atoms. The maximum atomic E-state index is 14.2. The molecule has 79 heavy (non-hydrogen) atoms. The van der Waals surface area contributed by atoms with Crippen molar-refractivity contribution in [1.29, 1.82) is 0 Å². The van der Waals surface area contributed by atoms with E-state index in [0.29, 0.717) is 17.0 Å². The Hall–Kier alpha value is -6.94. The molecule has 0 N–H and O–H groups in total. The summed E-state index contributed by atoms with van der Waals surface area (Å²) in [6, 6.07) is 12.4. The van der Waals surface area contributed by atoms with E-state index < -0.39 is 195 Å². The van der Waals surface area contributed by atoms with Gasteiger partial charge in [-0.3, -0.25) is 4.79 Å². The molecule has 0 aliphatic carbocycles. The minimum Gasteiger partial charge on any atom is -0.433 e. The fourth-order valence-electron chi connectivity index (χ4n) is 8.52. The highest BCUT2D eigenvalue weighted by Gasteiger charge is 2.47. The number of alkyl halides is 25. The first-order valence-corrected chi connectivity index (χ1v) is 22.7. The molecule has 7 aromatic rings. The molecule has 0 atom stereocenters. The Morgan fingerprint density at radius 1 is 0.380 bits per heavy atom. The second-order valence-corrected chi connectivity index (χ2v) is 17.5. The highest BCUT2D eigenvalue weighted by atomic mass is 79.9. The van der Waals surface area contributed by atoms with Crippen LogP contribution < -0.4 is 31.2 Å². The molecular weight excluding hydrogens is 1190 g/mol.